The smallest absolute Gasteiger partial charge is 0.244 e. The highest BCUT2D eigenvalue weighted by Gasteiger charge is 2.06. The Morgan fingerprint density at radius 2 is 1.76 bits per heavy atom. The van der Waals surface area contributed by atoms with Crippen LogP contribution in [0.25, 0.3) is 0 Å². The van der Waals surface area contributed by atoms with Crippen molar-refractivity contribution in [1.29, 1.82) is 0 Å². The molecule has 3 aromatic rings. The number of amides is 1. The van der Waals surface area contributed by atoms with Crippen LogP contribution >= 0.6 is 39.1 Å². The maximum absolute atomic E-state index is 12.1. The third kappa shape index (κ3) is 6.89. The maximum Gasteiger partial charge on any atom is 0.244 e. The first kappa shape index (κ1) is 21.4. The number of hydrogen-bond donors (Lipinski definition) is 1. The summed E-state index contributed by atoms with van der Waals surface area (Å²) in [6.45, 7) is 0.346. The highest BCUT2D eigenvalue weighted by Crippen LogP contribution is 2.23. The summed E-state index contributed by atoms with van der Waals surface area (Å²) in [6.07, 6.45) is 1.75. The normalized spacial score (nSPS) is 10.9. The van der Waals surface area contributed by atoms with E-state index in [1.54, 1.807) is 18.2 Å². The molecule has 3 rings (SSSR count). The van der Waals surface area contributed by atoms with E-state index in [4.69, 9.17) is 27.9 Å². The molecule has 0 saturated carbocycles. The van der Waals surface area contributed by atoms with Crippen LogP contribution in [0.1, 0.15) is 16.7 Å². The van der Waals surface area contributed by atoms with Crippen LogP contribution < -0.4 is 10.2 Å². The van der Waals surface area contributed by atoms with E-state index in [0.717, 1.165) is 15.6 Å². The molecule has 0 aromatic heterocycles. The molecule has 0 aliphatic rings. The second-order valence-corrected chi connectivity index (χ2v) is 7.99. The first-order chi connectivity index (χ1) is 14.0. The summed E-state index contributed by atoms with van der Waals surface area (Å²) in [5.74, 6) is 0.382. The van der Waals surface area contributed by atoms with Crippen LogP contribution in [0.5, 0.6) is 5.75 Å². The van der Waals surface area contributed by atoms with Gasteiger partial charge in [-0.05, 0) is 53.6 Å². The Kier molecular flexibility index (Phi) is 7.69. The molecule has 0 atom stereocenters. The van der Waals surface area contributed by atoms with Crippen molar-refractivity contribution in [2.45, 2.75) is 13.0 Å². The Bertz CT molecular complexity index is 1020. The number of hydrogen-bond acceptors (Lipinski definition) is 3. The third-order valence-electron chi connectivity index (χ3n) is 3.93. The van der Waals surface area contributed by atoms with Crippen LogP contribution in [0.4, 0.5) is 0 Å². The zero-order chi connectivity index (χ0) is 20.6. The fourth-order valence-corrected chi connectivity index (χ4v) is 3.20. The number of hydrazone groups is 1. The van der Waals surface area contributed by atoms with Gasteiger partial charge in [0.25, 0.3) is 0 Å². The molecular formula is C22H17BrCl2N2O2. The van der Waals surface area contributed by atoms with E-state index in [2.05, 4.69) is 26.5 Å². The molecule has 1 N–H and O–H groups in total. The predicted molar refractivity (Wildman–Crippen MR) is 121 cm³/mol. The van der Waals surface area contributed by atoms with E-state index in [0.29, 0.717) is 28.0 Å². The average molecular weight is 492 g/mol. The van der Waals surface area contributed by atoms with Gasteiger partial charge in [0.05, 0.1) is 12.6 Å². The summed E-state index contributed by atoms with van der Waals surface area (Å²) in [4.78, 5) is 12.1. The molecule has 7 heteroatoms. The Balaban J connectivity index is 1.62. The first-order valence-corrected chi connectivity index (χ1v) is 10.3. The number of nitrogens with one attached hydrogen (secondary N) is 1. The lowest BCUT2D eigenvalue weighted by Crippen LogP contribution is -2.19. The largest absolute Gasteiger partial charge is 0.488 e. The quantitative estimate of drug-likeness (QED) is 0.324. The van der Waals surface area contributed by atoms with Crippen molar-refractivity contribution >= 4 is 51.3 Å². The van der Waals surface area contributed by atoms with Crippen molar-refractivity contribution in [2.24, 2.45) is 5.10 Å². The Labute approximate surface area is 187 Å². The van der Waals surface area contributed by atoms with Gasteiger partial charge in [0, 0.05) is 20.1 Å². The molecule has 0 spiro atoms. The summed E-state index contributed by atoms with van der Waals surface area (Å²) in [5, 5.41) is 5.23. The molecular weight excluding hydrogens is 475 g/mol. The number of carbonyl (C=O) groups is 1. The molecule has 148 valence electrons. The molecule has 0 saturated heterocycles. The fourth-order valence-electron chi connectivity index (χ4n) is 2.54. The highest BCUT2D eigenvalue weighted by molar-refractivity contribution is 9.10. The predicted octanol–water partition coefficient (Wildman–Crippen LogP) is 6.03. The van der Waals surface area contributed by atoms with Gasteiger partial charge in [0.15, 0.2) is 0 Å². The van der Waals surface area contributed by atoms with Gasteiger partial charge >= 0.3 is 0 Å². The van der Waals surface area contributed by atoms with Crippen molar-refractivity contribution in [3.8, 4) is 5.75 Å². The number of halogens is 3. The molecule has 29 heavy (non-hydrogen) atoms. The Hall–Kier alpha value is -2.34. The van der Waals surface area contributed by atoms with Crippen LogP contribution in [0.2, 0.25) is 10.0 Å². The van der Waals surface area contributed by atoms with Gasteiger partial charge in [0.2, 0.25) is 5.91 Å². The number of ether oxygens (including phenoxy) is 1. The molecule has 0 aliphatic carbocycles. The van der Waals surface area contributed by atoms with E-state index < -0.39 is 0 Å². The second kappa shape index (κ2) is 10.4. The summed E-state index contributed by atoms with van der Waals surface area (Å²) in [5.41, 5.74) is 5.02. The van der Waals surface area contributed by atoms with Gasteiger partial charge in [-0.2, -0.15) is 5.10 Å². The molecule has 4 nitrogen and oxygen atoms in total. The maximum atomic E-state index is 12.1. The van der Waals surface area contributed by atoms with Crippen molar-refractivity contribution in [2.75, 3.05) is 0 Å². The van der Waals surface area contributed by atoms with Crippen molar-refractivity contribution in [3.05, 3.63) is 97.9 Å². The topological polar surface area (TPSA) is 50.7 Å². The van der Waals surface area contributed by atoms with Gasteiger partial charge < -0.3 is 4.74 Å². The summed E-state index contributed by atoms with van der Waals surface area (Å²) >= 11 is 15.5. The minimum atomic E-state index is -0.216. The van der Waals surface area contributed by atoms with E-state index >= 15 is 0 Å². The summed E-state index contributed by atoms with van der Waals surface area (Å²) in [7, 11) is 0. The summed E-state index contributed by atoms with van der Waals surface area (Å²) in [6, 6.07) is 20.2. The molecule has 0 aliphatic heterocycles. The standard InChI is InChI=1S/C22H17BrCl2N2O2/c23-18-6-4-15(5-7-18)11-22(28)27-26-13-17-12-20(25)8-9-21(17)29-14-16-2-1-3-19(24)10-16/h1-10,12-13H,11,14H2,(H,27,28)/b26-13+. The van der Waals surface area contributed by atoms with Crippen LogP contribution in [0, 0.1) is 0 Å². The van der Waals surface area contributed by atoms with Crippen molar-refractivity contribution < 1.29 is 9.53 Å². The van der Waals surface area contributed by atoms with Gasteiger partial charge in [0.1, 0.15) is 12.4 Å². The third-order valence-corrected chi connectivity index (χ3v) is 4.92. The second-order valence-electron chi connectivity index (χ2n) is 6.20. The molecule has 0 unspecified atom stereocenters. The zero-order valence-electron chi connectivity index (χ0n) is 15.2. The molecule has 0 radical (unpaired) electrons. The average Bonchev–Trinajstić information content (AvgIpc) is 2.69. The van der Waals surface area contributed by atoms with E-state index in [1.165, 1.54) is 6.21 Å². The number of nitrogens with zero attached hydrogens (tertiary/aromatic N) is 1. The van der Waals surface area contributed by atoms with E-state index in [1.807, 2.05) is 48.5 Å². The SMILES string of the molecule is O=C(Cc1ccc(Br)cc1)N/N=C/c1cc(Cl)ccc1OCc1cccc(Cl)c1. The highest BCUT2D eigenvalue weighted by atomic mass is 79.9. The molecule has 0 fully saturated rings. The minimum Gasteiger partial charge on any atom is -0.488 e. The Morgan fingerprint density at radius 3 is 2.52 bits per heavy atom. The van der Waals surface area contributed by atoms with Crippen LogP contribution in [0.15, 0.2) is 76.3 Å². The van der Waals surface area contributed by atoms with E-state index in [-0.39, 0.29) is 12.3 Å². The van der Waals surface area contributed by atoms with Crippen LogP contribution in [0.3, 0.4) is 0 Å². The molecule has 1 amide bonds. The first-order valence-electron chi connectivity index (χ1n) is 8.73. The number of carbonyl (C=O) groups excluding carboxylic acids is 1. The van der Waals surface area contributed by atoms with Gasteiger partial charge in [-0.3, -0.25) is 4.79 Å². The van der Waals surface area contributed by atoms with Crippen LogP contribution in [-0.4, -0.2) is 12.1 Å². The lowest BCUT2D eigenvalue weighted by molar-refractivity contribution is -0.120. The molecule has 0 bridgehead atoms. The monoisotopic (exact) mass is 490 g/mol. The van der Waals surface area contributed by atoms with Gasteiger partial charge in [-0.25, -0.2) is 5.43 Å². The number of rotatable bonds is 7. The zero-order valence-corrected chi connectivity index (χ0v) is 18.3. The fraction of sp³-hybridized carbons (Fsp3) is 0.0909. The van der Waals surface area contributed by atoms with Crippen molar-refractivity contribution in [3.63, 3.8) is 0 Å². The number of benzene rings is 3. The van der Waals surface area contributed by atoms with Gasteiger partial charge in [-0.15, -0.1) is 0 Å². The molecule has 0 heterocycles. The molecule has 3 aromatic carbocycles. The lowest BCUT2D eigenvalue weighted by atomic mass is 10.1. The van der Waals surface area contributed by atoms with E-state index in [9.17, 15) is 4.79 Å². The Morgan fingerprint density at radius 1 is 1.00 bits per heavy atom. The minimum absolute atomic E-state index is 0.216. The summed E-state index contributed by atoms with van der Waals surface area (Å²) < 4.78 is 6.84. The van der Waals surface area contributed by atoms with Gasteiger partial charge in [-0.1, -0.05) is 63.4 Å². The van der Waals surface area contributed by atoms with Crippen molar-refractivity contribution in [1.82, 2.24) is 5.43 Å². The lowest BCUT2D eigenvalue weighted by Gasteiger charge is -2.10. The van der Waals surface area contributed by atoms with Crippen LogP contribution in [-0.2, 0) is 17.8 Å².